The molecule has 7 rings (SSSR count). The third kappa shape index (κ3) is 2.77. The van der Waals surface area contributed by atoms with E-state index in [1.165, 1.54) is 12.8 Å². The first kappa shape index (κ1) is 16.6. The number of pyridine rings is 3. The molecule has 144 valence electrons. The largest absolute Gasteiger partial charge is 0.351 e. The van der Waals surface area contributed by atoms with Gasteiger partial charge in [-0.1, -0.05) is 6.07 Å². The number of rotatable bonds is 3. The fraction of sp³-hybridized carbons (Fsp3) is 0.273. The predicted octanol–water partition coefficient (Wildman–Crippen LogP) is 2.82. The summed E-state index contributed by atoms with van der Waals surface area (Å²) in [7, 11) is 0. The molecule has 0 radical (unpaired) electrons. The van der Waals surface area contributed by atoms with Gasteiger partial charge >= 0.3 is 0 Å². The van der Waals surface area contributed by atoms with Gasteiger partial charge in [0.1, 0.15) is 17.0 Å². The zero-order valence-electron chi connectivity index (χ0n) is 15.9. The van der Waals surface area contributed by atoms with Gasteiger partial charge in [-0.2, -0.15) is 0 Å². The van der Waals surface area contributed by atoms with Crippen LogP contribution in [0.3, 0.4) is 0 Å². The highest BCUT2D eigenvalue weighted by Gasteiger charge is 2.34. The molecule has 0 aromatic carbocycles. The molecule has 3 aliphatic rings. The Hall–Kier alpha value is -3.32. The average Bonchev–Trinajstić information content (AvgIpc) is 3.20. The summed E-state index contributed by atoms with van der Waals surface area (Å²) in [6, 6.07) is 15.1. The van der Waals surface area contributed by atoms with Crippen LogP contribution in [-0.4, -0.2) is 49.7 Å². The van der Waals surface area contributed by atoms with Crippen molar-refractivity contribution in [2.75, 3.05) is 18.0 Å². The van der Waals surface area contributed by atoms with Gasteiger partial charge in [-0.15, -0.1) is 0 Å². The highest BCUT2D eigenvalue weighted by molar-refractivity contribution is 5.81. The maximum atomic E-state index is 5.09. The van der Waals surface area contributed by atoms with E-state index >= 15 is 0 Å². The van der Waals surface area contributed by atoms with Crippen molar-refractivity contribution in [1.82, 2.24) is 29.8 Å². The molecule has 7 heterocycles. The summed E-state index contributed by atoms with van der Waals surface area (Å²) in [4.78, 5) is 21.1. The van der Waals surface area contributed by atoms with Crippen molar-refractivity contribution in [1.29, 1.82) is 0 Å². The number of piperazine rings is 1. The lowest BCUT2D eigenvalue weighted by Crippen LogP contribution is -2.61. The van der Waals surface area contributed by atoms with E-state index in [1.54, 1.807) is 18.6 Å². The first-order chi connectivity index (χ1) is 14.4. The van der Waals surface area contributed by atoms with Gasteiger partial charge in [0.15, 0.2) is 11.5 Å². The van der Waals surface area contributed by atoms with Crippen LogP contribution in [0.2, 0.25) is 0 Å². The first-order valence-electron chi connectivity index (χ1n) is 10.1. The topological polar surface area (TPSA) is 71.8 Å². The van der Waals surface area contributed by atoms with Gasteiger partial charge in [0.05, 0.1) is 5.69 Å². The van der Waals surface area contributed by atoms with Crippen LogP contribution < -0.4 is 10.2 Å². The summed E-state index contributed by atoms with van der Waals surface area (Å²) in [5.74, 6) is 1.81. The number of nitrogens with zero attached hydrogens (tertiary/aromatic N) is 6. The van der Waals surface area contributed by atoms with E-state index in [4.69, 9.17) is 9.97 Å². The molecule has 2 bridgehead atoms. The van der Waals surface area contributed by atoms with Gasteiger partial charge in [-0.25, -0.2) is 9.97 Å². The van der Waals surface area contributed by atoms with Crippen LogP contribution in [0.5, 0.6) is 0 Å². The molecule has 3 fully saturated rings. The summed E-state index contributed by atoms with van der Waals surface area (Å²) >= 11 is 0. The molecule has 3 aliphatic heterocycles. The van der Waals surface area contributed by atoms with E-state index in [9.17, 15) is 0 Å². The highest BCUT2D eigenvalue weighted by Crippen LogP contribution is 2.31. The quantitative estimate of drug-likeness (QED) is 0.587. The molecule has 7 nitrogen and oxygen atoms in total. The molecule has 4 aromatic rings. The van der Waals surface area contributed by atoms with Crippen molar-refractivity contribution in [2.24, 2.45) is 0 Å². The first-order valence-corrected chi connectivity index (χ1v) is 10.1. The molecule has 4 aromatic heterocycles. The van der Waals surface area contributed by atoms with Crippen LogP contribution in [0.25, 0.3) is 28.4 Å². The van der Waals surface area contributed by atoms with Gasteiger partial charge in [-0.3, -0.25) is 14.5 Å². The summed E-state index contributed by atoms with van der Waals surface area (Å²) in [5, 5.41) is 3.62. The van der Waals surface area contributed by atoms with Crippen molar-refractivity contribution in [3.8, 4) is 17.2 Å². The standard InChI is InChI=1S/C22H21N7/c1-2-10-24-18(3-1)21-26-19-6-7-20(28-14-15-4-5-17(28)13-25-15)27-22(19)29(21)16-8-11-23-12-9-16/h1-3,6-12,15,17,25H,4-5,13-14H2/t15-,17-/m1/s1. The number of aromatic nitrogens is 5. The van der Waals surface area contributed by atoms with E-state index in [2.05, 4.69) is 36.9 Å². The van der Waals surface area contributed by atoms with E-state index in [0.29, 0.717) is 12.1 Å². The highest BCUT2D eigenvalue weighted by atomic mass is 15.3. The smallest absolute Gasteiger partial charge is 0.167 e. The fourth-order valence-corrected chi connectivity index (χ4v) is 4.50. The molecule has 29 heavy (non-hydrogen) atoms. The van der Waals surface area contributed by atoms with Crippen molar-refractivity contribution in [3.63, 3.8) is 0 Å². The lowest BCUT2D eigenvalue weighted by atomic mass is 9.93. The van der Waals surface area contributed by atoms with Crippen LogP contribution >= 0.6 is 0 Å². The maximum Gasteiger partial charge on any atom is 0.167 e. The van der Waals surface area contributed by atoms with Crippen LogP contribution in [0.15, 0.2) is 61.1 Å². The second kappa shape index (κ2) is 6.63. The number of hydrogen-bond acceptors (Lipinski definition) is 6. The lowest BCUT2D eigenvalue weighted by Gasteiger charge is -2.46. The lowest BCUT2D eigenvalue weighted by molar-refractivity contribution is 0.289. The number of piperidine rings is 2. The SMILES string of the molecule is c1ccc(-c2nc3ccc(N4C[C@H]5CC[C@@H]4CN5)nc3n2-c2ccncc2)nc1. The van der Waals surface area contributed by atoms with Crippen LogP contribution in [0, 0.1) is 0 Å². The molecule has 7 heteroatoms. The number of imidazole rings is 1. The Morgan fingerprint density at radius 3 is 2.59 bits per heavy atom. The summed E-state index contributed by atoms with van der Waals surface area (Å²) < 4.78 is 2.09. The molecule has 3 saturated heterocycles. The Labute approximate surface area is 168 Å². The second-order valence-corrected chi connectivity index (χ2v) is 7.69. The molecule has 0 amide bonds. The second-order valence-electron chi connectivity index (χ2n) is 7.69. The van der Waals surface area contributed by atoms with Gasteiger partial charge in [0.25, 0.3) is 0 Å². The minimum atomic E-state index is 0.512. The van der Waals surface area contributed by atoms with E-state index in [1.807, 2.05) is 30.3 Å². The Kier molecular flexibility index (Phi) is 3.80. The molecule has 0 saturated carbocycles. The normalized spacial score (nSPS) is 21.0. The Balaban J connectivity index is 1.54. The van der Waals surface area contributed by atoms with Crippen molar-refractivity contribution < 1.29 is 0 Å². The minimum absolute atomic E-state index is 0.512. The number of anilines is 1. The van der Waals surface area contributed by atoms with Crippen molar-refractivity contribution in [3.05, 3.63) is 61.1 Å². The van der Waals surface area contributed by atoms with Gasteiger partial charge in [-0.05, 0) is 49.2 Å². The number of fused-ring (bicyclic) bond motifs is 4. The molecular weight excluding hydrogens is 362 g/mol. The third-order valence-electron chi connectivity index (χ3n) is 5.95. The zero-order valence-corrected chi connectivity index (χ0v) is 15.9. The van der Waals surface area contributed by atoms with Crippen LogP contribution in [0.1, 0.15) is 12.8 Å². The summed E-state index contributed by atoms with van der Waals surface area (Å²) in [6.07, 6.45) is 7.86. The minimum Gasteiger partial charge on any atom is -0.351 e. The molecule has 0 aliphatic carbocycles. The summed E-state index contributed by atoms with van der Waals surface area (Å²) in [6.45, 7) is 2.05. The van der Waals surface area contributed by atoms with Gasteiger partial charge < -0.3 is 10.2 Å². The third-order valence-corrected chi connectivity index (χ3v) is 5.95. The maximum absolute atomic E-state index is 5.09. The predicted molar refractivity (Wildman–Crippen MR) is 112 cm³/mol. The average molecular weight is 383 g/mol. The van der Waals surface area contributed by atoms with Crippen LogP contribution in [-0.2, 0) is 0 Å². The molecule has 0 unspecified atom stereocenters. The van der Waals surface area contributed by atoms with E-state index in [-0.39, 0.29) is 0 Å². The molecule has 0 spiro atoms. The molecule has 2 atom stereocenters. The van der Waals surface area contributed by atoms with Crippen LogP contribution in [0.4, 0.5) is 5.82 Å². The summed E-state index contributed by atoms with van der Waals surface area (Å²) in [5.41, 5.74) is 3.52. The van der Waals surface area contributed by atoms with Crippen molar-refractivity contribution in [2.45, 2.75) is 24.9 Å². The number of hydrogen-bond donors (Lipinski definition) is 1. The van der Waals surface area contributed by atoms with E-state index in [0.717, 1.165) is 47.3 Å². The van der Waals surface area contributed by atoms with Gasteiger partial charge in [0, 0.05) is 43.8 Å². The Morgan fingerprint density at radius 2 is 1.86 bits per heavy atom. The Morgan fingerprint density at radius 1 is 0.931 bits per heavy atom. The number of nitrogens with one attached hydrogen (secondary N) is 1. The Bertz CT molecular complexity index is 1150. The molecule has 1 N–H and O–H groups in total. The van der Waals surface area contributed by atoms with Crippen molar-refractivity contribution >= 4 is 17.0 Å². The van der Waals surface area contributed by atoms with E-state index < -0.39 is 0 Å². The van der Waals surface area contributed by atoms with Gasteiger partial charge in [0.2, 0.25) is 0 Å². The fourth-order valence-electron chi connectivity index (χ4n) is 4.50. The monoisotopic (exact) mass is 383 g/mol. The zero-order chi connectivity index (χ0) is 19.2. The molecular formula is C22H21N7.